The summed E-state index contributed by atoms with van der Waals surface area (Å²) < 4.78 is 2.04. The first-order valence-electron chi connectivity index (χ1n) is 5.84. The Morgan fingerprint density at radius 2 is 1.94 bits per heavy atom. The standard InChI is InChI=1S/C11H23N5/c1-6-13-10-15-14-9(16(10)7-2)8(12)11(3,4)5/h8H,6-7,12H2,1-5H3,(H,13,15)/t8-/m1/s1. The average molecular weight is 225 g/mol. The quantitative estimate of drug-likeness (QED) is 0.819. The van der Waals surface area contributed by atoms with Crippen molar-refractivity contribution in [1.29, 1.82) is 0 Å². The summed E-state index contributed by atoms with van der Waals surface area (Å²) in [7, 11) is 0. The average Bonchev–Trinajstić information content (AvgIpc) is 2.58. The van der Waals surface area contributed by atoms with Crippen LogP contribution < -0.4 is 11.1 Å². The lowest BCUT2D eigenvalue weighted by molar-refractivity contribution is 0.308. The van der Waals surface area contributed by atoms with Gasteiger partial charge in [0.05, 0.1) is 6.04 Å². The number of aromatic nitrogens is 3. The van der Waals surface area contributed by atoms with E-state index in [1.165, 1.54) is 0 Å². The molecule has 0 bridgehead atoms. The first-order chi connectivity index (χ1) is 7.41. The number of hydrogen-bond acceptors (Lipinski definition) is 4. The fourth-order valence-electron chi connectivity index (χ4n) is 1.53. The number of nitrogens with zero attached hydrogens (tertiary/aromatic N) is 3. The molecule has 5 nitrogen and oxygen atoms in total. The summed E-state index contributed by atoms with van der Waals surface area (Å²) in [4.78, 5) is 0. The molecule has 0 spiro atoms. The van der Waals surface area contributed by atoms with E-state index < -0.39 is 0 Å². The Balaban J connectivity index is 3.05. The second kappa shape index (κ2) is 4.82. The van der Waals surface area contributed by atoms with E-state index in [0.717, 1.165) is 24.9 Å². The Labute approximate surface area is 97.4 Å². The van der Waals surface area contributed by atoms with Crippen molar-refractivity contribution in [3.63, 3.8) is 0 Å². The lowest BCUT2D eigenvalue weighted by Crippen LogP contribution is -2.29. The maximum absolute atomic E-state index is 6.21. The molecule has 3 N–H and O–H groups in total. The van der Waals surface area contributed by atoms with E-state index in [-0.39, 0.29) is 11.5 Å². The van der Waals surface area contributed by atoms with E-state index in [1.54, 1.807) is 0 Å². The van der Waals surface area contributed by atoms with E-state index in [0.29, 0.717) is 0 Å². The largest absolute Gasteiger partial charge is 0.355 e. The minimum atomic E-state index is -0.104. The molecule has 0 fully saturated rings. The van der Waals surface area contributed by atoms with Crippen LogP contribution in [0.25, 0.3) is 0 Å². The van der Waals surface area contributed by atoms with Crippen LogP contribution in [0.15, 0.2) is 0 Å². The van der Waals surface area contributed by atoms with Crippen LogP contribution in [-0.2, 0) is 6.54 Å². The van der Waals surface area contributed by atoms with Gasteiger partial charge < -0.3 is 11.1 Å². The van der Waals surface area contributed by atoms with Gasteiger partial charge in [-0.2, -0.15) is 0 Å². The zero-order valence-electron chi connectivity index (χ0n) is 10.9. The van der Waals surface area contributed by atoms with Crippen molar-refractivity contribution < 1.29 is 0 Å². The van der Waals surface area contributed by atoms with E-state index in [1.807, 2.05) is 11.5 Å². The summed E-state index contributed by atoms with van der Waals surface area (Å²) in [6.45, 7) is 12.1. The van der Waals surface area contributed by atoms with Crippen molar-refractivity contribution in [3.05, 3.63) is 5.82 Å². The molecular formula is C11H23N5. The van der Waals surface area contributed by atoms with E-state index in [2.05, 4.69) is 43.2 Å². The lowest BCUT2D eigenvalue weighted by atomic mass is 9.87. The van der Waals surface area contributed by atoms with Gasteiger partial charge in [0.25, 0.3) is 0 Å². The van der Waals surface area contributed by atoms with Gasteiger partial charge in [0.2, 0.25) is 5.95 Å². The van der Waals surface area contributed by atoms with Gasteiger partial charge in [-0.3, -0.25) is 4.57 Å². The number of anilines is 1. The van der Waals surface area contributed by atoms with Gasteiger partial charge in [0.1, 0.15) is 0 Å². The highest BCUT2D eigenvalue weighted by atomic mass is 15.4. The summed E-state index contributed by atoms with van der Waals surface area (Å²) in [6.07, 6.45) is 0. The van der Waals surface area contributed by atoms with Crippen molar-refractivity contribution in [2.45, 2.75) is 47.2 Å². The molecule has 0 unspecified atom stereocenters. The minimum Gasteiger partial charge on any atom is -0.355 e. The third-order valence-corrected chi connectivity index (χ3v) is 2.64. The van der Waals surface area contributed by atoms with Gasteiger partial charge in [0.15, 0.2) is 5.82 Å². The molecule has 16 heavy (non-hydrogen) atoms. The molecule has 1 atom stereocenters. The summed E-state index contributed by atoms with van der Waals surface area (Å²) in [5.74, 6) is 1.66. The highest BCUT2D eigenvalue weighted by molar-refractivity contribution is 5.26. The van der Waals surface area contributed by atoms with Gasteiger partial charge in [-0.1, -0.05) is 20.8 Å². The van der Waals surface area contributed by atoms with Gasteiger partial charge >= 0.3 is 0 Å². The summed E-state index contributed by atoms with van der Waals surface area (Å²) in [5.41, 5.74) is 6.20. The highest BCUT2D eigenvalue weighted by Gasteiger charge is 2.27. The Morgan fingerprint density at radius 3 is 2.38 bits per heavy atom. The Bertz CT molecular complexity index is 337. The van der Waals surface area contributed by atoms with Crippen LogP contribution >= 0.6 is 0 Å². The smallest absolute Gasteiger partial charge is 0.224 e. The van der Waals surface area contributed by atoms with Gasteiger partial charge in [0, 0.05) is 13.1 Å². The zero-order valence-corrected chi connectivity index (χ0v) is 10.9. The highest BCUT2D eigenvalue weighted by Crippen LogP contribution is 2.30. The molecule has 0 saturated heterocycles. The molecule has 0 aliphatic rings. The SMILES string of the molecule is CCNc1nnc([C@@H](N)C(C)(C)C)n1CC. The molecular weight excluding hydrogens is 202 g/mol. The second-order valence-corrected chi connectivity index (χ2v) is 5.00. The van der Waals surface area contributed by atoms with Crippen molar-refractivity contribution in [2.75, 3.05) is 11.9 Å². The topological polar surface area (TPSA) is 68.8 Å². The molecule has 0 saturated carbocycles. The van der Waals surface area contributed by atoms with E-state index >= 15 is 0 Å². The number of nitrogens with one attached hydrogen (secondary N) is 1. The molecule has 0 aliphatic heterocycles. The van der Waals surface area contributed by atoms with Crippen LogP contribution in [0.5, 0.6) is 0 Å². The van der Waals surface area contributed by atoms with Crippen molar-refractivity contribution in [2.24, 2.45) is 11.1 Å². The molecule has 0 aliphatic carbocycles. The van der Waals surface area contributed by atoms with Crippen molar-refractivity contribution in [3.8, 4) is 0 Å². The molecule has 1 aromatic rings. The molecule has 5 heteroatoms. The monoisotopic (exact) mass is 225 g/mol. The first kappa shape index (κ1) is 13.0. The van der Waals surface area contributed by atoms with Gasteiger partial charge in [-0.15, -0.1) is 10.2 Å². The Hall–Kier alpha value is -1.10. The fourth-order valence-corrected chi connectivity index (χ4v) is 1.53. The zero-order chi connectivity index (χ0) is 12.3. The predicted molar refractivity (Wildman–Crippen MR) is 66.2 cm³/mol. The van der Waals surface area contributed by atoms with Gasteiger partial charge in [-0.25, -0.2) is 0 Å². The van der Waals surface area contributed by atoms with Crippen molar-refractivity contribution in [1.82, 2.24) is 14.8 Å². The third kappa shape index (κ3) is 2.52. The molecule has 1 aromatic heterocycles. The van der Waals surface area contributed by atoms with Gasteiger partial charge in [-0.05, 0) is 19.3 Å². The van der Waals surface area contributed by atoms with E-state index in [9.17, 15) is 0 Å². The predicted octanol–water partition coefficient (Wildman–Crippen LogP) is 1.78. The van der Waals surface area contributed by atoms with Crippen LogP contribution in [0.4, 0.5) is 5.95 Å². The maximum Gasteiger partial charge on any atom is 0.224 e. The number of hydrogen-bond donors (Lipinski definition) is 2. The molecule has 0 aromatic carbocycles. The maximum atomic E-state index is 6.21. The number of nitrogens with two attached hydrogens (primary N) is 1. The molecule has 92 valence electrons. The van der Waals surface area contributed by atoms with Crippen LogP contribution in [0.1, 0.15) is 46.5 Å². The Morgan fingerprint density at radius 1 is 1.31 bits per heavy atom. The third-order valence-electron chi connectivity index (χ3n) is 2.64. The van der Waals surface area contributed by atoms with E-state index in [4.69, 9.17) is 5.73 Å². The molecule has 0 amide bonds. The van der Waals surface area contributed by atoms with Crippen molar-refractivity contribution >= 4 is 5.95 Å². The number of rotatable bonds is 4. The summed E-state index contributed by atoms with van der Waals surface area (Å²) >= 11 is 0. The normalized spacial score (nSPS) is 13.9. The van der Waals surface area contributed by atoms with Crippen LogP contribution in [0.2, 0.25) is 0 Å². The fraction of sp³-hybridized carbons (Fsp3) is 0.818. The first-order valence-corrected chi connectivity index (χ1v) is 5.84. The van der Waals surface area contributed by atoms with Crippen LogP contribution in [0, 0.1) is 5.41 Å². The second-order valence-electron chi connectivity index (χ2n) is 5.00. The summed E-state index contributed by atoms with van der Waals surface area (Å²) in [6, 6.07) is -0.104. The molecule has 0 radical (unpaired) electrons. The van der Waals surface area contributed by atoms with Crippen LogP contribution in [-0.4, -0.2) is 21.3 Å². The van der Waals surface area contributed by atoms with Crippen LogP contribution in [0.3, 0.4) is 0 Å². The minimum absolute atomic E-state index is 0.0105. The molecule has 1 heterocycles. The Kier molecular flexibility index (Phi) is 3.91. The summed E-state index contributed by atoms with van der Waals surface area (Å²) in [5, 5.41) is 11.5. The lowest BCUT2D eigenvalue weighted by Gasteiger charge is -2.26. The molecule has 1 rings (SSSR count).